The zero-order chi connectivity index (χ0) is 14.9. The molecule has 0 fully saturated rings. The summed E-state index contributed by atoms with van der Waals surface area (Å²) in [4.78, 5) is 27.9. The largest absolute Gasteiger partial charge is 0.283 e. The highest BCUT2D eigenvalue weighted by Gasteiger charge is 2.19. The topological polar surface area (TPSA) is 81.8 Å². The molecular weight excluding hydrogens is 282 g/mol. The van der Waals surface area contributed by atoms with Crippen LogP contribution in [0.3, 0.4) is 0 Å². The Labute approximate surface area is 120 Å². The highest BCUT2D eigenvalue weighted by molar-refractivity contribution is 6.19. The quantitative estimate of drug-likeness (QED) is 0.859. The van der Waals surface area contributed by atoms with E-state index in [9.17, 15) is 9.59 Å². The second kappa shape index (κ2) is 5.24. The monoisotopic (exact) mass is 297 g/mol. The number of halogens is 1. The molecule has 2 heterocycles. The highest BCUT2D eigenvalue weighted by Crippen LogP contribution is 2.17. The molecule has 108 valence electrons. The van der Waals surface area contributed by atoms with Crippen molar-refractivity contribution >= 4 is 28.5 Å². The molecule has 20 heavy (non-hydrogen) atoms. The van der Waals surface area contributed by atoms with E-state index in [-0.39, 0.29) is 29.3 Å². The summed E-state index contributed by atoms with van der Waals surface area (Å²) in [5.74, 6) is -0.149. The van der Waals surface area contributed by atoms with Crippen LogP contribution in [0, 0.1) is 0 Å². The van der Waals surface area contributed by atoms with E-state index in [1.165, 1.54) is 12.5 Å². The van der Waals surface area contributed by atoms with Gasteiger partial charge in [0.15, 0.2) is 5.65 Å². The third kappa shape index (κ3) is 2.67. The Balaban J connectivity index is 2.46. The lowest BCUT2D eigenvalue weighted by Crippen LogP contribution is -2.33. The van der Waals surface area contributed by atoms with Gasteiger partial charge in [0.25, 0.3) is 5.56 Å². The molecule has 0 saturated heterocycles. The zero-order valence-electron chi connectivity index (χ0n) is 11.6. The Kier molecular flexibility index (Phi) is 3.80. The molecule has 2 aromatic heterocycles. The third-order valence-electron chi connectivity index (χ3n) is 2.69. The standard InChI is InChI=1S/C12H16ClN5O2/c1-12(2,3)18-10-8(6-15-18)11(20)17(7-14-10)16-9(19)4-5-13/h6-7H,4-5H2,1-3H3,(H,16,19). The molecule has 8 heteroatoms. The smallest absolute Gasteiger partial charge is 0.273 e. The molecule has 2 rings (SSSR count). The molecular formula is C12H16ClN5O2. The van der Waals surface area contributed by atoms with Crippen LogP contribution in [0.4, 0.5) is 0 Å². The van der Waals surface area contributed by atoms with Gasteiger partial charge in [-0.15, -0.1) is 11.6 Å². The zero-order valence-corrected chi connectivity index (χ0v) is 12.3. The number of nitrogens with zero attached hydrogens (tertiary/aromatic N) is 4. The number of rotatable bonds is 3. The number of carbonyl (C=O) groups excluding carboxylic acids is 1. The Morgan fingerprint density at radius 3 is 2.75 bits per heavy atom. The minimum absolute atomic E-state index is 0.132. The lowest BCUT2D eigenvalue weighted by molar-refractivity contribution is -0.116. The molecule has 0 spiro atoms. The van der Waals surface area contributed by atoms with Crippen molar-refractivity contribution < 1.29 is 4.79 Å². The van der Waals surface area contributed by atoms with Gasteiger partial charge < -0.3 is 0 Å². The van der Waals surface area contributed by atoms with Gasteiger partial charge in [0, 0.05) is 12.3 Å². The summed E-state index contributed by atoms with van der Waals surface area (Å²) in [6.45, 7) is 5.90. The fourth-order valence-electron chi connectivity index (χ4n) is 1.76. The van der Waals surface area contributed by atoms with Crippen LogP contribution in [0.25, 0.3) is 11.0 Å². The molecule has 7 nitrogen and oxygen atoms in total. The number of hydrogen-bond donors (Lipinski definition) is 1. The summed E-state index contributed by atoms with van der Waals surface area (Å²) in [5.41, 5.74) is 2.27. The molecule has 0 aliphatic rings. The van der Waals surface area contributed by atoms with Crippen molar-refractivity contribution in [2.75, 3.05) is 11.3 Å². The third-order valence-corrected chi connectivity index (χ3v) is 2.88. The van der Waals surface area contributed by atoms with Gasteiger partial charge in [-0.2, -0.15) is 5.10 Å². The number of carbonyl (C=O) groups is 1. The molecule has 0 bridgehead atoms. The Morgan fingerprint density at radius 2 is 2.15 bits per heavy atom. The fraction of sp³-hybridized carbons (Fsp3) is 0.500. The Morgan fingerprint density at radius 1 is 1.45 bits per heavy atom. The van der Waals surface area contributed by atoms with Crippen LogP contribution in [0.5, 0.6) is 0 Å². The van der Waals surface area contributed by atoms with Crippen LogP contribution in [-0.2, 0) is 10.3 Å². The molecule has 1 N–H and O–H groups in total. The van der Waals surface area contributed by atoms with Crippen LogP contribution >= 0.6 is 11.6 Å². The predicted molar refractivity (Wildman–Crippen MR) is 76.5 cm³/mol. The first-order chi connectivity index (χ1) is 9.34. The predicted octanol–water partition coefficient (Wildman–Crippen LogP) is 1.05. The van der Waals surface area contributed by atoms with Crippen LogP contribution in [-0.4, -0.2) is 31.2 Å². The number of nitrogens with one attached hydrogen (secondary N) is 1. The van der Waals surface area contributed by atoms with Crippen LogP contribution in [0.15, 0.2) is 17.3 Å². The number of alkyl halides is 1. The summed E-state index contributed by atoms with van der Waals surface area (Å²) < 4.78 is 2.72. The fourth-order valence-corrected chi connectivity index (χ4v) is 1.93. The van der Waals surface area contributed by atoms with Gasteiger partial charge in [-0.1, -0.05) is 0 Å². The van der Waals surface area contributed by atoms with Crippen molar-refractivity contribution in [1.29, 1.82) is 0 Å². The van der Waals surface area contributed by atoms with E-state index in [2.05, 4.69) is 15.5 Å². The Hall–Kier alpha value is -1.89. The van der Waals surface area contributed by atoms with E-state index in [4.69, 9.17) is 11.6 Å². The second-order valence-electron chi connectivity index (χ2n) is 5.36. The molecule has 0 radical (unpaired) electrons. The van der Waals surface area contributed by atoms with Gasteiger partial charge in [0.05, 0.1) is 11.7 Å². The van der Waals surface area contributed by atoms with Gasteiger partial charge in [-0.05, 0) is 20.8 Å². The maximum absolute atomic E-state index is 12.2. The second-order valence-corrected chi connectivity index (χ2v) is 5.74. The van der Waals surface area contributed by atoms with Gasteiger partial charge in [0.1, 0.15) is 11.7 Å². The van der Waals surface area contributed by atoms with Gasteiger partial charge in [-0.3, -0.25) is 15.0 Å². The normalized spacial score (nSPS) is 11.8. The van der Waals surface area contributed by atoms with E-state index in [1.807, 2.05) is 20.8 Å². The van der Waals surface area contributed by atoms with Crippen LogP contribution < -0.4 is 11.0 Å². The van der Waals surface area contributed by atoms with E-state index in [1.54, 1.807) is 4.68 Å². The van der Waals surface area contributed by atoms with Gasteiger partial charge in [0.2, 0.25) is 5.91 Å². The van der Waals surface area contributed by atoms with E-state index in [0.717, 1.165) is 4.68 Å². The maximum Gasteiger partial charge on any atom is 0.283 e. The van der Waals surface area contributed by atoms with Crippen molar-refractivity contribution in [1.82, 2.24) is 19.4 Å². The average Bonchev–Trinajstić information content (AvgIpc) is 2.77. The van der Waals surface area contributed by atoms with E-state index < -0.39 is 0 Å². The van der Waals surface area contributed by atoms with Crippen molar-refractivity contribution in [3.8, 4) is 0 Å². The number of aromatic nitrogens is 4. The lowest BCUT2D eigenvalue weighted by Gasteiger charge is -2.19. The highest BCUT2D eigenvalue weighted by atomic mass is 35.5. The first-order valence-corrected chi connectivity index (χ1v) is 6.69. The van der Waals surface area contributed by atoms with E-state index in [0.29, 0.717) is 11.0 Å². The van der Waals surface area contributed by atoms with Crippen molar-refractivity contribution in [2.45, 2.75) is 32.7 Å². The molecule has 0 atom stereocenters. The molecule has 0 aliphatic carbocycles. The first kappa shape index (κ1) is 14.5. The van der Waals surface area contributed by atoms with Gasteiger partial charge >= 0.3 is 0 Å². The summed E-state index contributed by atoms with van der Waals surface area (Å²) in [5, 5.41) is 4.55. The summed E-state index contributed by atoms with van der Waals surface area (Å²) in [7, 11) is 0. The number of hydrogen-bond acceptors (Lipinski definition) is 4. The molecule has 0 aliphatic heterocycles. The average molecular weight is 298 g/mol. The minimum Gasteiger partial charge on any atom is -0.273 e. The van der Waals surface area contributed by atoms with Crippen LogP contribution in [0.2, 0.25) is 0 Å². The van der Waals surface area contributed by atoms with Crippen molar-refractivity contribution in [3.63, 3.8) is 0 Å². The maximum atomic E-state index is 12.2. The number of fused-ring (bicyclic) bond motifs is 1. The van der Waals surface area contributed by atoms with Crippen molar-refractivity contribution in [3.05, 3.63) is 22.9 Å². The van der Waals surface area contributed by atoms with Crippen LogP contribution in [0.1, 0.15) is 27.2 Å². The Bertz CT molecular complexity index is 698. The molecule has 1 amide bonds. The van der Waals surface area contributed by atoms with Gasteiger partial charge in [-0.25, -0.2) is 14.3 Å². The summed E-state index contributed by atoms with van der Waals surface area (Å²) in [6.07, 6.45) is 2.87. The SMILES string of the molecule is CC(C)(C)n1ncc2c(=O)n(NC(=O)CCCl)cnc21. The molecule has 0 unspecified atom stereocenters. The minimum atomic E-state index is -0.367. The first-order valence-electron chi connectivity index (χ1n) is 6.16. The molecule has 2 aromatic rings. The summed E-state index contributed by atoms with van der Waals surface area (Å²) in [6, 6.07) is 0. The number of amides is 1. The molecule has 0 aromatic carbocycles. The van der Waals surface area contributed by atoms with Crippen molar-refractivity contribution in [2.24, 2.45) is 0 Å². The summed E-state index contributed by atoms with van der Waals surface area (Å²) >= 11 is 5.47. The lowest BCUT2D eigenvalue weighted by atomic mass is 10.1. The van der Waals surface area contributed by atoms with E-state index >= 15 is 0 Å². The molecule has 0 saturated carbocycles.